The Morgan fingerprint density at radius 1 is 0.609 bits per heavy atom. The summed E-state index contributed by atoms with van der Waals surface area (Å²) >= 11 is 0. The Balaban J connectivity index is 0. The number of carboxylic acid groups (broad SMARTS) is 3. The minimum atomic E-state index is -2.27. The van der Waals surface area contributed by atoms with Crippen LogP contribution in [0.3, 0.4) is 0 Å². The van der Waals surface area contributed by atoms with Crippen molar-refractivity contribution in [3.8, 4) is 0 Å². The Morgan fingerprint density at radius 3 is 1.13 bits per heavy atom. The third-order valence-corrected chi connectivity index (χ3v) is 2.31. The van der Waals surface area contributed by atoms with Crippen LogP contribution in [0.5, 0.6) is 0 Å². The fourth-order valence-electron chi connectivity index (χ4n) is 0.939. The molecule has 0 aliphatic rings. The van der Waals surface area contributed by atoms with Crippen molar-refractivity contribution in [3.05, 3.63) is 0 Å². The van der Waals surface area contributed by atoms with Crippen LogP contribution in [0.1, 0.15) is 0 Å². The van der Waals surface area contributed by atoms with Gasteiger partial charge < -0.3 is 51.1 Å². The van der Waals surface area contributed by atoms with Crippen molar-refractivity contribution in [2.75, 3.05) is 6.61 Å². The molecule has 13 nitrogen and oxygen atoms in total. The van der Waals surface area contributed by atoms with Gasteiger partial charge in [0, 0.05) is 0 Å². The van der Waals surface area contributed by atoms with Gasteiger partial charge in [0.15, 0.2) is 18.3 Å². The number of aliphatic hydroxyl groups excluding tert-OH is 7. The molecule has 0 saturated heterocycles. The van der Waals surface area contributed by atoms with E-state index in [0.717, 1.165) is 0 Å². The minimum Gasteiger partial charge on any atom is -0.479 e. The molecule has 0 spiro atoms. The van der Waals surface area contributed by atoms with E-state index in [-0.39, 0.29) is 0 Å². The summed E-state index contributed by atoms with van der Waals surface area (Å²) in [5.74, 6) is -5.26. The smallest absolute Gasteiger partial charge is 0.335 e. The molecule has 0 aliphatic carbocycles. The zero-order valence-electron chi connectivity index (χ0n) is 11.4. The number of hydrogen-bond donors (Lipinski definition) is 10. The predicted octanol–water partition coefficient (Wildman–Crippen LogP) is -5.62. The lowest BCUT2D eigenvalue weighted by Gasteiger charge is -2.23. The van der Waals surface area contributed by atoms with Gasteiger partial charge in [0.1, 0.15) is 18.3 Å². The number of carbonyl (C=O) groups is 3. The van der Waals surface area contributed by atoms with E-state index in [4.69, 9.17) is 51.1 Å². The third kappa shape index (κ3) is 8.36. The first kappa shape index (κ1) is 23.4. The molecule has 0 fully saturated rings. The predicted molar refractivity (Wildman–Crippen MR) is 66.0 cm³/mol. The molecule has 0 radical (unpaired) electrons. The van der Waals surface area contributed by atoms with E-state index in [1.807, 2.05) is 0 Å². The molecule has 0 heterocycles. The lowest BCUT2D eigenvalue weighted by molar-refractivity contribution is -0.165. The summed E-state index contributed by atoms with van der Waals surface area (Å²) in [5, 5.41) is 84.3. The van der Waals surface area contributed by atoms with Crippen molar-refractivity contribution in [1.82, 2.24) is 0 Å². The molecule has 2 unspecified atom stereocenters. The molecule has 0 amide bonds. The number of aliphatic hydroxyl groups is 7. The fraction of sp³-hybridized carbons (Fsp3) is 0.700. The quantitative estimate of drug-likeness (QED) is 0.197. The fourth-order valence-corrected chi connectivity index (χ4v) is 0.939. The normalized spacial score (nSPS) is 18.4. The molecular weight excluding hydrogens is 328 g/mol. The first-order valence-corrected chi connectivity index (χ1v) is 5.76. The van der Waals surface area contributed by atoms with E-state index in [9.17, 15) is 14.4 Å². The van der Waals surface area contributed by atoms with Gasteiger partial charge in [-0.05, 0) is 0 Å². The first-order chi connectivity index (χ1) is 10.4. The zero-order chi connectivity index (χ0) is 18.9. The molecule has 10 N–H and O–H groups in total. The molecule has 0 aromatic rings. The molecule has 0 saturated carbocycles. The average Bonchev–Trinajstić information content (AvgIpc) is 2.50. The Hall–Kier alpha value is -1.87. The molecule has 6 atom stereocenters. The van der Waals surface area contributed by atoms with Gasteiger partial charge in [-0.25, -0.2) is 14.4 Å². The summed E-state index contributed by atoms with van der Waals surface area (Å²) < 4.78 is 0. The summed E-state index contributed by atoms with van der Waals surface area (Å²) in [6, 6.07) is 0. The Labute approximate surface area is 127 Å². The second-order valence-corrected chi connectivity index (χ2v) is 4.08. The van der Waals surface area contributed by atoms with Crippen LogP contribution in [-0.2, 0) is 14.4 Å². The van der Waals surface area contributed by atoms with Crippen molar-refractivity contribution in [2.45, 2.75) is 36.6 Å². The summed E-state index contributed by atoms with van der Waals surface area (Å²) in [7, 11) is 0. The van der Waals surface area contributed by atoms with Crippen LogP contribution in [0.25, 0.3) is 0 Å². The first-order valence-electron chi connectivity index (χ1n) is 5.76. The van der Waals surface area contributed by atoms with E-state index < -0.39 is 61.1 Å². The van der Waals surface area contributed by atoms with Crippen LogP contribution in [0.2, 0.25) is 0 Å². The van der Waals surface area contributed by atoms with Crippen molar-refractivity contribution in [2.24, 2.45) is 0 Å². The van der Waals surface area contributed by atoms with Crippen LogP contribution < -0.4 is 0 Å². The van der Waals surface area contributed by atoms with E-state index in [1.54, 1.807) is 0 Å². The zero-order valence-corrected chi connectivity index (χ0v) is 11.4. The number of hydrogen-bond acceptors (Lipinski definition) is 10. The van der Waals surface area contributed by atoms with E-state index in [1.165, 1.54) is 0 Å². The highest BCUT2D eigenvalue weighted by Crippen LogP contribution is 2.04. The number of rotatable bonds is 8. The topological polar surface area (TPSA) is 254 Å². The molecule has 0 aromatic carbocycles. The monoisotopic (exact) mass is 346 g/mol. The summed E-state index contributed by atoms with van der Waals surface area (Å²) in [4.78, 5) is 29.6. The van der Waals surface area contributed by atoms with Gasteiger partial charge in [-0.15, -0.1) is 0 Å². The van der Waals surface area contributed by atoms with Gasteiger partial charge >= 0.3 is 17.9 Å². The summed E-state index contributed by atoms with van der Waals surface area (Å²) in [5.41, 5.74) is 0. The third-order valence-electron chi connectivity index (χ3n) is 2.31. The maximum Gasteiger partial charge on any atom is 0.335 e. The van der Waals surface area contributed by atoms with Gasteiger partial charge in [-0.3, -0.25) is 0 Å². The summed E-state index contributed by atoms with van der Waals surface area (Å²) in [6.45, 7) is -0.843. The van der Waals surface area contributed by atoms with E-state index >= 15 is 0 Å². The Morgan fingerprint density at radius 2 is 0.913 bits per heavy atom. The van der Waals surface area contributed by atoms with Crippen molar-refractivity contribution >= 4 is 17.9 Å². The van der Waals surface area contributed by atoms with Gasteiger partial charge in [0.25, 0.3) is 0 Å². The van der Waals surface area contributed by atoms with Crippen LogP contribution >= 0.6 is 0 Å². The van der Waals surface area contributed by atoms with Gasteiger partial charge in [-0.2, -0.15) is 0 Å². The SMILES string of the molecule is O=C(O)C(O)C(O)C(=O)O.O=C(O)[C@H](O)[C@@H](O)[C@H](O)[C@H](O)CO. The van der Waals surface area contributed by atoms with E-state index in [0.29, 0.717) is 0 Å². The molecule has 0 rings (SSSR count). The lowest BCUT2D eigenvalue weighted by atomic mass is 10.0. The molecule has 0 bridgehead atoms. The molecule has 136 valence electrons. The number of aliphatic carboxylic acids is 3. The maximum atomic E-state index is 10.1. The molecular formula is C10H18O13. The van der Waals surface area contributed by atoms with Crippen molar-refractivity contribution in [1.29, 1.82) is 0 Å². The second kappa shape index (κ2) is 10.8. The van der Waals surface area contributed by atoms with Gasteiger partial charge in [-0.1, -0.05) is 0 Å². The van der Waals surface area contributed by atoms with Crippen LogP contribution in [0.15, 0.2) is 0 Å². The maximum absolute atomic E-state index is 10.1. The molecule has 13 heteroatoms. The highest BCUT2D eigenvalue weighted by atomic mass is 16.4. The standard InChI is InChI=1S/C6H12O7.C4H6O6/c7-1-2(8)3(9)4(10)5(11)6(12)13;5-1(3(7)8)2(6)4(9)10/h2-5,7-11H,1H2,(H,12,13);1-2,5-6H,(H,7,8)(H,9,10)/t2-,3-,4+,5-;/m1./s1. The van der Waals surface area contributed by atoms with Crippen LogP contribution in [-0.4, -0.2) is 112 Å². The van der Waals surface area contributed by atoms with E-state index in [2.05, 4.69) is 0 Å². The highest BCUT2D eigenvalue weighted by Gasteiger charge is 2.33. The molecule has 23 heavy (non-hydrogen) atoms. The number of carboxylic acids is 3. The van der Waals surface area contributed by atoms with Gasteiger partial charge in [0.05, 0.1) is 6.61 Å². The lowest BCUT2D eigenvalue weighted by Crippen LogP contribution is -2.48. The van der Waals surface area contributed by atoms with Gasteiger partial charge in [0.2, 0.25) is 0 Å². The molecule has 0 aromatic heterocycles. The van der Waals surface area contributed by atoms with Crippen molar-refractivity contribution < 1.29 is 65.4 Å². The van der Waals surface area contributed by atoms with Crippen LogP contribution in [0.4, 0.5) is 0 Å². The second-order valence-electron chi connectivity index (χ2n) is 4.08. The van der Waals surface area contributed by atoms with Crippen molar-refractivity contribution in [3.63, 3.8) is 0 Å². The Bertz CT molecular complexity index is 378. The largest absolute Gasteiger partial charge is 0.479 e. The Kier molecular flexibility index (Phi) is 11.0. The summed E-state index contributed by atoms with van der Waals surface area (Å²) in [6.07, 6.45) is -12.4. The minimum absolute atomic E-state index is 0.843. The van der Waals surface area contributed by atoms with Crippen LogP contribution in [0, 0.1) is 0 Å². The highest BCUT2D eigenvalue weighted by molar-refractivity contribution is 5.83. The average molecular weight is 346 g/mol. The molecule has 0 aliphatic heterocycles.